The Morgan fingerprint density at radius 2 is 1.83 bits per heavy atom. The highest BCUT2D eigenvalue weighted by Gasteiger charge is 2.45. The lowest BCUT2D eigenvalue weighted by Crippen LogP contribution is -2.90. The van der Waals surface area contributed by atoms with Gasteiger partial charge in [0, 0.05) is 11.4 Å². The van der Waals surface area contributed by atoms with Gasteiger partial charge in [0.2, 0.25) is 0 Å². The number of aliphatic hydroxyl groups is 1. The molecule has 0 amide bonds. The number of carboxylic acid groups (broad SMARTS) is 2. The van der Waals surface area contributed by atoms with Crippen molar-refractivity contribution in [2.75, 3.05) is 6.54 Å². The summed E-state index contributed by atoms with van der Waals surface area (Å²) < 4.78 is 9.91. The summed E-state index contributed by atoms with van der Waals surface area (Å²) in [6, 6.07) is 11.7. The molecule has 0 radical (unpaired) electrons. The Balaban J connectivity index is 1.61. The van der Waals surface area contributed by atoms with Gasteiger partial charge in [-0.25, -0.2) is 0 Å². The SMILES string of the molecule is C[C@H](Cc1ccc2c(c1)OC(C(=O)[O-])(C(=O)[O-])O2)[NH2+]C[C@@H](O)c1cccc(Cl)c1. The average molecular weight is 421 g/mol. The van der Waals surface area contributed by atoms with Gasteiger partial charge in [-0.15, -0.1) is 0 Å². The van der Waals surface area contributed by atoms with Crippen molar-refractivity contribution >= 4 is 23.5 Å². The summed E-state index contributed by atoms with van der Waals surface area (Å²) in [6.07, 6.45) is -0.123. The number of carbonyl (C=O) groups excluding carboxylic acids is 2. The third-order valence-corrected chi connectivity index (χ3v) is 4.84. The van der Waals surface area contributed by atoms with Crippen LogP contribution in [-0.2, 0) is 16.0 Å². The highest BCUT2D eigenvalue weighted by atomic mass is 35.5. The number of rotatable bonds is 8. The summed E-state index contributed by atoms with van der Waals surface area (Å²) in [5.74, 6) is -7.11. The van der Waals surface area contributed by atoms with Crippen molar-refractivity contribution in [3.8, 4) is 11.5 Å². The summed E-state index contributed by atoms with van der Waals surface area (Å²) >= 11 is 5.94. The molecule has 1 heterocycles. The molecule has 3 rings (SSSR count). The minimum absolute atomic E-state index is 0.0120. The summed E-state index contributed by atoms with van der Waals surface area (Å²) in [5.41, 5.74) is 1.51. The van der Waals surface area contributed by atoms with E-state index in [2.05, 4.69) is 0 Å². The zero-order valence-corrected chi connectivity index (χ0v) is 16.2. The van der Waals surface area contributed by atoms with Crippen molar-refractivity contribution in [3.63, 3.8) is 0 Å². The van der Waals surface area contributed by atoms with Crippen LogP contribution in [0.25, 0.3) is 0 Å². The van der Waals surface area contributed by atoms with Gasteiger partial charge in [-0.05, 0) is 42.3 Å². The van der Waals surface area contributed by atoms with Gasteiger partial charge < -0.3 is 39.7 Å². The molecule has 1 aliphatic rings. The van der Waals surface area contributed by atoms with Crippen LogP contribution in [0.1, 0.15) is 24.2 Å². The van der Waals surface area contributed by atoms with Crippen LogP contribution in [0.3, 0.4) is 0 Å². The molecular formula is C20H19ClNO7-. The van der Waals surface area contributed by atoms with Crippen LogP contribution in [0.4, 0.5) is 0 Å². The van der Waals surface area contributed by atoms with Crippen LogP contribution in [0.2, 0.25) is 5.02 Å². The van der Waals surface area contributed by atoms with E-state index in [1.807, 2.05) is 12.2 Å². The first-order valence-electron chi connectivity index (χ1n) is 8.92. The lowest BCUT2D eigenvalue weighted by molar-refractivity contribution is -0.692. The summed E-state index contributed by atoms with van der Waals surface area (Å²) in [6.45, 7) is 2.38. The maximum atomic E-state index is 11.2. The number of ether oxygens (including phenoxy) is 2. The lowest BCUT2D eigenvalue weighted by Gasteiger charge is -2.28. The standard InChI is InChI=1S/C20H20ClNO7/c1-11(22-10-15(23)13-3-2-4-14(21)9-13)7-12-5-6-16-17(8-12)29-20(28-16,18(24)25)19(26)27/h2-6,8-9,11,15,22-23H,7,10H2,1H3,(H,24,25)(H,26,27)/p-1/t11-,15-/m1/s1. The number of aliphatic carboxylic acids is 2. The summed E-state index contributed by atoms with van der Waals surface area (Å²) in [5, 5.41) is 35.1. The summed E-state index contributed by atoms with van der Waals surface area (Å²) in [7, 11) is 0. The van der Waals surface area contributed by atoms with Gasteiger partial charge in [0.05, 0.1) is 6.04 Å². The fourth-order valence-electron chi connectivity index (χ4n) is 3.09. The number of aliphatic hydroxyl groups excluding tert-OH is 1. The van der Waals surface area contributed by atoms with Crippen molar-refractivity contribution in [1.29, 1.82) is 0 Å². The smallest absolute Gasteiger partial charge is 0.335 e. The monoisotopic (exact) mass is 420 g/mol. The average Bonchev–Trinajstić information content (AvgIpc) is 3.06. The van der Waals surface area contributed by atoms with Crippen LogP contribution >= 0.6 is 11.6 Å². The Morgan fingerprint density at radius 3 is 2.48 bits per heavy atom. The first-order chi connectivity index (χ1) is 13.7. The minimum Gasteiger partial charge on any atom is -0.542 e. The van der Waals surface area contributed by atoms with Gasteiger partial charge >= 0.3 is 5.79 Å². The largest absolute Gasteiger partial charge is 0.542 e. The Morgan fingerprint density at radius 1 is 1.14 bits per heavy atom. The number of hydrogen-bond acceptors (Lipinski definition) is 7. The van der Waals surface area contributed by atoms with Crippen molar-refractivity contribution in [1.82, 2.24) is 0 Å². The Bertz CT molecular complexity index is 919. The van der Waals surface area contributed by atoms with Crippen molar-refractivity contribution in [2.45, 2.75) is 31.3 Å². The Hall–Kier alpha value is -2.81. The highest BCUT2D eigenvalue weighted by Crippen LogP contribution is 2.39. The molecule has 0 spiro atoms. The van der Waals surface area contributed by atoms with Gasteiger partial charge in [-0.3, -0.25) is 0 Å². The predicted octanol–water partition coefficient (Wildman–Crippen LogP) is -1.46. The van der Waals surface area contributed by atoms with Crippen LogP contribution in [-0.4, -0.2) is 35.4 Å². The van der Waals surface area contributed by atoms with E-state index in [9.17, 15) is 24.9 Å². The normalized spacial score (nSPS) is 16.2. The topological polar surface area (TPSA) is 136 Å². The molecule has 154 valence electrons. The molecule has 0 saturated carbocycles. The van der Waals surface area contributed by atoms with E-state index in [-0.39, 0.29) is 17.5 Å². The molecule has 0 aromatic heterocycles. The molecule has 2 atom stereocenters. The maximum Gasteiger partial charge on any atom is 0.335 e. The van der Waals surface area contributed by atoms with Gasteiger partial charge in [0.1, 0.15) is 24.6 Å². The zero-order chi connectivity index (χ0) is 21.2. The van der Waals surface area contributed by atoms with Gasteiger partial charge in [0.15, 0.2) is 11.5 Å². The van der Waals surface area contributed by atoms with E-state index < -0.39 is 23.8 Å². The van der Waals surface area contributed by atoms with Crippen LogP contribution < -0.4 is 25.0 Å². The van der Waals surface area contributed by atoms with Gasteiger partial charge in [-0.2, -0.15) is 0 Å². The maximum absolute atomic E-state index is 11.2. The quantitative estimate of drug-likeness (QED) is 0.498. The Labute approximate surface area is 171 Å². The second kappa shape index (κ2) is 8.28. The van der Waals surface area contributed by atoms with Crippen LogP contribution in [0.5, 0.6) is 11.5 Å². The molecule has 2 aromatic carbocycles. The van der Waals surface area contributed by atoms with E-state index in [4.69, 9.17) is 21.1 Å². The van der Waals surface area contributed by atoms with E-state index in [1.165, 1.54) is 12.1 Å². The van der Waals surface area contributed by atoms with E-state index in [1.54, 1.807) is 30.3 Å². The fourth-order valence-corrected chi connectivity index (χ4v) is 3.29. The number of carboxylic acids is 2. The molecule has 3 N–H and O–H groups in total. The fraction of sp³-hybridized carbons (Fsp3) is 0.300. The van der Waals surface area contributed by atoms with Gasteiger partial charge in [0.25, 0.3) is 0 Å². The van der Waals surface area contributed by atoms with E-state index in [0.29, 0.717) is 18.0 Å². The van der Waals surface area contributed by atoms with Crippen LogP contribution in [0.15, 0.2) is 42.5 Å². The third kappa shape index (κ3) is 4.45. The minimum atomic E-state index is -2.99. The number of quaternary nitrogens is 1. The molecule has 0 aliphatic carbocycles. The number of nitrogens with two attached hydrogens (primary N) is 1. The van der Waals surface area contributed by atoms with Crippen LogP contribution in [0, 0.1) is 0 Å². The molecular weight excluding hydrogens is 402 g/mol. The first kappa shape index (κ1) is 20.9. The number of hydrogen-bond donors (Lipinski definition) is 2. The molecule has 8 nitrogen and oxygen atoms in total. The number of carbonyl (C=O) groups is 2. The zero-order valence-electron chi connectivity index (χ0n) is 15.5. The predicted molar refractivity (Wildman–Crippen MR) is 96.8 cm³/mol. The number of benzene rings is 2. The lowest BCUT2D eigenvalue weighted by atomic mass is 10.1. The molecule has 0 unspecified atom stereocenters. The van der Waals surface area contributed by atoms with E-state index >= 15 is 0 Å². The summed E-state index contributed by atoms with van der Waals surface area (Å²) in [4.78, 5) is 22.3. The van der Waals surface area contributed by atoms with Crippen molar-refractivity contribution in [2.24, 2.45) is 0 Å². The Kier molecular flexibility index (Phi) is 5.97. The molecule has 2 aromatic rings. The second-order valence-electron chi connectivity index (χ2n) is 6.90. The molecule has 29 heavy (non-hydrogen) atoms. The van der Waals surface area contributed by atoms with Gasteiger partial charge in [-0.1, -0.05) is 29.8 Å². The first-order valence-corrected chi connectivity index (χ1v) is 9.30. The molecule has 1 aliphatic heterocycles. The molecule has 0 fully saturated rings. The third-order valence-electron chi connectivity index (χ3n) is 4.61. The second-order valence-corrected chi connectivity index (χ2v) is 7.34. The van der Waals surface area contributed by atoms with Crippen molar-refractivity contribution < 1.29 is 39.7 Å². The molecule has 9 heteroatoms. The molecule has 0 saturated heterocycles. The highest BCUT2D eigenvalue weighted by molar-refractivity contribution is 6.30. The number of halogens is 1. The van der Waals surface area contributed by atoms with E-state index in [0.717, 1.165) is 11.1 Å². The van der Waals surface area contributed by atoms with Crippen molar-refractivity contribution in [3.05, 3.63) is 58.6 Å². The molecule has 0 bridgehead atoms. The number of fused-ring (bicyclic) bond motifs is 1.